The molecule has 26 heavy (non-hydrogen) atoms. The van der Waals surface area contributed by atoms with Crippen LogP contribution in [0, 0.1) is 25.2 Å². The first-order valence-electron chi connectivity index (χ1n) is 8.52. The van der Waals surface area contributed by atoms with E-state index in [1.165, 1.54) is 7.11 Å². The summed E-state index contributed by atoms with van der Waals surface area (Å²) in [6, 6.07) is 9.22. The topological polar surface area (TPSA) is 64.2 Å². The van der Waals surface area contributed by atoms with Gasteiger partial charge in [-0.3, -0.25) is 4.79 Å². The van der Waals surface area contributed by atoms with Crippen molar-refractivity contribution in [2.75, 3.05) is 14.2 Å². The van der Waals surface area contributed by atoms with Crippen LogP contribution in [0.3, 0.4) is 0 Å². The number of carbonyl (C=O) groups is 1. The van der Waals surface area contributed by atoms with E-state index in [0.717, 1.165) is 24.4 Å². The molecule has 0 saturated carbocycles. The van der Waals surface area contributed by atoms with Crippen LogP contribution in [-0.2, 0) is 6.54 Å². The second kappa shape index (κ2) is 8.39. The van der Waals surface area contributed by atoms with E-state index < -0.39 is 0 Å². The lowest BCUT2D eigenvalue weighted by atomic mass is 10.0. The van der Waals surface area contributed by atoms with Crippen molar-refractivity contribution in [1.82, 2.24) is 4.57 Å². The number of Topliss-reactive ketones (excluding diaryl/α,β-unsaturated/α-hetero) is 1. The van der Waals surface area contributed by atoms with Crippen LogP contribution in [-0.4, -0.2) is 24.6 Å². The van der Waals surface area contributed by atoms with E-state index in [-0.39, 0.29) is 11.4 Å². The normalized spacial score (nSPS) is 11.2. The number of aromatic nitrogens is 1. The molecule has 0 saturated heterocycles. The highest BCUT2D eigenvalue weighted by Crippen LogP contribution is 2.32. The third-order valence-electron chi connectivity index (χ3n) is 4.36. The molecule has 1 aromatic carbocycles. The zero-order chi connectivity index (χ0) is 19.3. The highest BCUT2D eigenvalue weighted by molar-refractivity contribution is 6.15. The van der Waals surface area contributed by atoms with Gasteiger partial charge in [-0.15, -0.1) is 0 Å². The quantitative estimate of drug-likeness (QED) is 0.423. The van der Waals surface area contributed by atoms with E-state index in [4.69, 9.17) is 9.47 Å². The molecule has 0 aliphatic carbocycles. The molecule has 5 nitrogen and oxygen atoms in total. The number of allylic oxidation sites excluding steroid dienone is 1. The number of carbonyl (C=O) groups excluding carboxylic acids is 1. The summed E-state index contributed by atoms with van der Waals surface area (Å²) in [5, 5.41) is 9.56. The Morgan fingerprint density at radius 3 is 2.58 bits per heavy atom. The first kappa shape index (κ1) is 19.3. The van der Waals surface area contributed by atoms with E-state index >= 15 is 0 Å². The standard InChI is InChI=1S/C21H24N2O3/c1-6-10-23-14(2)11-18(15(23)3)20(24)17(13-22)12-16-8-7-9-19(25-4)21(16)26-5/h7-9,11-12H,6,10H2,1-5H3/b17-12+. The number of aryl methyl sites for hydroxylation is 1. The Morgan fingerprint density at radius 2 is 2.00 bits per heavy atom. The van der Waals surface area contributed by atoms with Gasteiger partial charge >= 0.3 is 0 Å². The number of ether oxygens (including phenoxy) is 2. The summed E-state index contributed by atoms with van der Waals surface area (Å²) in [5.74, 6) is 0.756. The number of nitriles is 1. The van der Waals surface area contributed by atoms with E-state index in [1.54, 1.807) is 31.4 Å². The van der Waals surface area contributed by atoms with Gasteiger partial charge in [0.1, 0.15) is 11.6 Å². The van der Waals surface area contributed by atoms with Crippen molar-refractivity contribution in [1.29, 1.82) is 5.26 Å². The van der Waals surface area contributed by atoms with Gasteiger partial charge in [0.15, 0.2) is 11.5 Å². The molecule has 0 unspecified atom stereocenters. The SMILES string of the molecule is CCCn1c(C)cc(C(=O)/C(C#N)=C/c2cccc(OC)c2OC)c1C. The molecule has 136 valence electrons. The van der Waals surface area contributed by atoms with Crippen molar-refractivity contribution in [3.63, 3.8) is 0 Å². The predicted molar refractivity (Wildman–Crippen MR) is 102 cm³/mol. The molecular formula is C21H24N2O3. The number of rotatable bonds is 7. The number of hydrogen-bond donors (Lipinski definition) is 0. The summed E-state index contributed by atoms with van der Waals surface area (Å²) < 4.78 is 12.8. The van der Waals surface area contributed by atoms with Gasteiger partial charge in [0.2, 0.25) is 5.78 Å². The van der Waals surface area contributed by atoms with Gasteiger partial charge in [0.05, 0.1) is 14.2 Å². The Hall–Kier alpha value is -3.00. The van der Waals surface area contributed by atoms with E-state index in [9.17, 15) is 10.1 Å². The van der Waals surface area contributed by atoms with Gasteiger partial charge in [-0.2, -0.15) is 5.26 Å². The first-order chi connectivity index (χ1) is 12.5. The summed E-state index contributed by atoms with van der Waals surface area (Å²) in [7, 11) is 3.08. The van der Waals surface area contributed by atoms with Crippen LogP contribution in [0.2, 0.25) is 0 Å². The molecule has 5 heteroatoms. The lowest BCUT2D eigenvalue weighted by molar-refractivity contribution is 0.103. The third-order valence-corrected chi connectivity index (χ3v) is 4.36. The lowest BCUT2D eigenvalue weighted by Crippen LogP contribution is -2.06. The predicted octanol–water partition coefficient (Wildman–Crippen LogP) is 4.32. The van der Waals surface area contributed by atoms with Crippen molar-refractivity contribution >= 4 is 11.9 Å². The van der Waals surface area contributed by atoms with Gasteiger partial charge in [0, 0.05) is 29.1 Å². The number of benzene rings is 1. The van der Waals surface area contributed by atoms with E-state index in [0.29, 0.717) is 22.6 Å². The Morgan fingerprint density at radius 1 is 1.27 bits per heavy atom. The van der Waals surface area contributed by atoms with Crippen LogP contribution in [0.25, 0.3) is 6.08 Å². The summed E-state index contributed by atoms with van der Waals surface area (Å²) >= 11 is 0. The largest absolute Gasteiger partial charge is 0.493 e. The smallest absolute Gasteiger partial charge is 0.205 e. The maximum Gasteiger partial charge on any atom is 0.205 e. The average molecular weight is 352 g/mol. The zero-order valence-electron chi connectivity index (χ0n) is 15.9. The second-order valence-electron chi connectivity index (χ2n) is 6.02. The number of methoxy groups -OCH3 is 2. The Labute approximate surface area is 154 Å². The van der Waals surface area contributed by atoms with E-state index in [2.05, 4.69) is 11.5 Å². The molecule has 0 fully saturated rings. The molecule has 0 spiro atoms. The Balaban J connectivity index is 2.50. The van der Waals surface area contributed by atoms with Crippen LogP contribution in [0.4, 0.5) is 0 Å². The van der Waals surface area contributed by atoms with Gasteiger partial charge in [-0.1, -0.05) is 19.1 Å². The fourth-order valence-corrected chi connectivity index (χ4v) is 3.07. The van der Waals surface area contributed by atoms with Gasteiger partial charge < -0.3 is 14.0 Å². The molecule has 0 bridgehead atoms. The van der Waals surface area contributed by atoms with Gasteiger partial charge in [-0.05, 0) is 38.5 Å². The molecule has 2 aromatic rings. The van der Waals surface area contributed by atoms with Crippen LogP contribution in [0.5, 0.6) is 11.5 Å². The summed E-state index contributed by atoms with van der Waals surface area (Å²) in [5.41, 5.74) is 3.15. The molecule has 0 amide bonds. The molecular weight excluding hydrogens is 328 g/mol. The molecule has 0 radical (unpaired) electrons. The lowest BCUT2D eigenvalue weighted by Gasteiger charge is -2.10. The van der Waals surface area contributed by atoms with Crippen molar-refractivity contribution in [3.8, 4) is 17.6 Å². The summed E-state index contributed by atoms with van der Waals surface area (Å²) in [6.07, 6.45) is 2.53. The maximum atomic E-state index is 12.9. The van der Waals surface area contributed by atoms with Gasteiger partial charge in [-0.25, -0.2) is 0 Å². The second-order valence-corrected chi connectivity index (χ2v) is 6.02. The van der Waals surface area contributed by atoms with Crippen LogP contribution >= 0.6 is 0 Å². The minimum Gasteiger partial charge on any atom is -0.493 e. The molecule has 0 aliphatic rings. The number of para-hydroxylation sites is 1. The fourth-order valence-electron chi connectivity index (χ4n) is 3.07. The summed E-state index contributed by atoms with van der Waals surface area (Å²) in [4.78, 5) is 12.9. The number of nitrogens with zero attached hydrogens (tertiary/aromatic N) is 2. The van der Waals surface area contributed by atoms with Crippen LogP contribution < -0.4 is 9.47 Å². The molecule has 2 rings (SSSR count). The average Bonchev–Trinajstić information content (AvgIpc) is 2.93. The highest BCUT2D eigenvalue weighted by Gasteiger charge is 2.20. The zero-order valence-corrected chi connectivity index (χ0v) is 15.9. The van der Waals surface area contributed by atoms with Crippen molar-refractivity contribution < 1.29 is 14.3 Å². The fraction of sp³-hybridized carbons (Fsp3) is 0.333. The van der Waals surface area contributed by atoms with Gasteiger partial charge in [0.25, 0.3) is 0 Å². The number of ketones is 1. The number of hydrogen-bond acceptors (Lipinski definition) is 4. The molecule has 1 aromatic heterocycles. The minimum absolute atomic E-state index is 0.0632. The Bertz CT molecular complexity index is 885. The molecule has 0 N–H and O–H groups in total. The van der Waals surface area contributed by atoms with Crippen LogP contribution in [0.1, 0.15) is 40.7 Å². The highest BCUT2D eigenvalue weighted by atomic mass is 16.5. The monoisotopic (exact) mass is 352 g/mol. The maximum absolute atomic E-state index is 12.9. The van der Waals surface area contributed by atoms with E-state index in [1.807, 2.05) is 26.0 Å². The molecule has 0 aliphatic heterocycles. The van der Waals surface area contributed by atoms with Crippen LogP contribution in [0.15, 0.2) is 29.8 Å². The molecule has 1 heterocycles. The summed E-state index contributed by atoms with van der Waals surface area (Å²) in [6.45, 7) is 6.83. The van der Waals surface area contributed by atoms with Crippen molar-refractivity contribution in [3.05, 3.63) is 52.4 Å². The Kier molecular flexibility index (Phi) is 6.24. The minimum atomic E-state index is -0.284. The van der Waals surface area contributed by atoms with Crippen molar-refractivity contribution in [2.24, 2.45) is 0 Å². The third kappa shape index (κ3) is 3.65. The van der Waals surface area contributed by atoms with Crippen molar-refractivity contribution in [2.45, 2.75) is 33.7 Å². The molecule has 0 atom stereocenters. The first-order valence-corrected chi connectivity index (χ1v) is 8.52.